The number of aryl methyl sites for hydroxylation is 1. The highest BCUT2D eigenvalue weighted by Gasteiger charge is 2.40. The van der Waals surface area contributed by atoms with Crippen LogP contribution in [0.1, 0.15) is 18.4 Å². The molecule has 4 heteroatoms. The summed E-state index contributed by atoms with van der Waals surface area (Å²) in [6.07, 6.45) is 3.72. The Morgan fingerprint density at radius 3 is 2.59 bits per heavy atom. The van der Waals surface area contributed by atoms with Crippen LogP contribution in [-0.4, -0.2) is 37.1 Å². The molecule has 0 aromatic carbocycles. The van der Waals surface area contributed by atoms with E-state index < -0.39 is 0 Å². The summed E-state index contributed by atoms with van der Waals surface area (Å²) >= 11 is 0. The number of piperidine rings is 1. The van der Waals surface area contributed by atoms with E-state index in [1.54, 1.807) is 0 Å². The van der Waals surface area contributed by atoms with Gasteiger partial charge in [-0.15, -0.1) is 0 Å². The standard InChI is InChI=1S/C13H18N2O2/c1-11-3-2-6-14-12(11)15-7-4-13(5-8-15)16-9-10-17-13/h2-3,6H,4-5,7-10H2,1H3. The number of pyridine rings is 1. The molecule has 2 fully saturated rings. The number of rotatable bonds is 1. The van der Waals surface area contributed by atoms with Crippen LogP contribution in [0.2, 0.25) is 0 Å². The fourth-order valence-electron chi connectivity index (χ4n) is 2.65. The normalized spacial score (nSPS) is 23.2. The van der Waals surface area contributed by atoms with Crippen LogP contribution >= 0.6 is 0 Å². The van der Waals surface area contributed by atoms with Gasteiger partial charge in [-0.05, 0) is 18.6 Å². The van der Waals surface area contributed by atoms with Crippen molar-refractivity contribution in [1.29, 1.82) is 0 Å². The molecule has 0 unspecified atom stereocenters. The smallest absolute Gasteiger partial charge is 0.171 e. The van der Waals surface area contributed by atoms with Crippen molar-refractivity contribution in [3.8, 4) is 0 Å². The molecule has 17 heavy (non-hydrogen) atoms. The van der Waals surface area contributed by atoms with Crippen LogP contribution in [0.4, 0.5) is 5.82 Å². The molecule has 0 radical (unpaired) electrons. The predicted octanol–water partition coefficient (Wildman–Crippen LogP) is 1.73. The molecule has 0 amide bonds. The van der Waals surface area contributed by atoms with Crippen molar-refractivity contribution >= 4 is 5.82 Å². The van der Waals surface area contributed by atoms with Gasteiger partial charge in [0.15, 0.2) is 5.79 Å². The second-order valence-electron chi connectivity index (χ2n) is 4.74. The molecule has 1 aromatic heterocycles. The zero-order valence-electron chi connectivity index (χ0n) is 10.2. The van der Waals surface area contributed by atoms with Gasteiger partial charge in [-0.2, -0.15) is 0 Å². The van der Waals surface area contributed by atoms with Gasteiger partial charge >= 0.3 is 0 Å². The topological polar surface area (TPSA) is 34.6 Å². The van der Waals surface area contributed by atoms with Gasteiger partial charge in [-0.3, -0.25) is 0 Å². The molecule has 1 aromatic rings. The predicted molar refractivity (Wildman–Crippen MR) is 65.1 cm³/mol. The summed E-state index contributed by atoms with van der Waals surface area (Å²) in [5, 5.41) is 0. The van der Waals surface area contributed by atoms with E-state index >= 15 is 0 Å². The Hall–Kier alpha value is -1.13. The van der Waals surface area contributed by atoms with Gasteiger partial charge in [-0.1, -0.05) is 6.07 Å². The minimum absolute atomic E-state index is 0.292. The second-order valence-corrected chi connectivity index (χ2v) is 4.74. The average molecular weight is 234 g/mol. The Labute approximate surface area is 102 Å². The van der Waals surface area contributed by atoms with E-state index in [-0.39, 0.29) is 5.79 Å². The minimum Gasteiger partial charge on any atom is -0.356 e. The first-order chi connectivity index (χ1) is 8.29. The highest BCUT2D eigenvalue weighted by Crippen LogP contribution is 2.33. The van der Waals surface area contributed by atoms with Crippen molar-refractivity contribution in [1.82, 2.24) is 4.98 Å². The summed E-state index contributed by atoms with van der Waals surface area (Å²) < 4.78 is 11.5. The average Bonchev–Trinajstić information content (AvgIpc) is 2.80. The van der Waals surface area contributed by atoms with Gasteiger partial charge in [0, 0.05) is 32.1 Å². The van der Waals surface area contributed by atoms with E-state index in [1.807, 2.05) is 12.3 Å². The summed E-state index contributed by atoms with van der Waals surface area (Å²) in [6.45, 7) is 5.50. The van der Waals surface area contributed by atoms with Crippen molar-refractivity contribution in [2.45, 2.75) is 25.6 Å². The molecule has 2 aliphatic rings. The number of anilines is 1. The molecule has 1 spiro atoms. The van der Waals surface area contributed by atoms with E-state index in [1.165, 1.54) is 5.56 Å². The van der Waals surface area contributed by atoms with E-state index in [0.29, 0.717) is 0 Å². The summed E-state index contributed by atoms with van der Waals surface area (Å²) in [4.78, 5) is 6.79. The first-order valence-electron chi connectivity index (χ1n) is 6.24. The number of aromatic nitrogens is 1. The second kappa shape index (κ2) is 4.27. The number of hydrogen-bond acceptors (Lipinski definition) is 4. The van der Waals surface area contributed by atoms with Crippen LogP contribution in [-0.2, 0) is 9.47 Å². The van der Waals surface area contributed by atoms with Gasteiger partial charge in [-0.25, -0.2) is 4.98 Å². The summed E-state index contributed by atoms with van der Waals surface area (Å²) in [5.74, 6) is 0.805. The maximum Gasteiger partial charge on any atom is 0.171 e. The molecule has 0 aliphatic carbocycles. The Balaban J connectivity index is 1.71. The molecule has 92 valence electrons. The summed E-state index contributed by atoms with van der Waals surface area (Å²) in [5.41, 5.74) is 1.23. The van der Waals surface area contributed by atoms with Gasteiger partial charge in [0.05, 0.1) is 13.2 Å². The third kappa shape index (κ3) is 2.03. The molecule has 0 N–H and O–H groups in total. The first kappa shape index (κ1) is 11.0. The van der Waals surface area contributed by atoms with Crippen LogP contribution in [0.3, 0.4) is 0 Å². The van der Waals surface area contributed by atoms with Gasteiger partial charge in [0.25, 0.3) is 0 Å². The lowest BCUT2D eigenvalue weighted by Gasteiger charge is -2.38. The molecular formula is C13H18N2O2. The van der Waals surface area contributed by atoms with Gasteiger partial charge < -0.3 is 14.4 Å². The number of ether oxygens (including phenoxy) is 2. The molecule has 3 rings (SSSR count). The quantitative estimate of drug-likeness (QED) is 0.741. The van der Waals surface area contributed by atoms with E-state index in [2.05, 4.69) is 22.9 Å². The van der Waals surface area contributed by atoms with Crippen LogP contribution in [0.15, 0.2) is 18.3 Å². The molecule has 2 saturated heterocycles. The lowest BCUT2D eigenvalue weighted by atomic mass is 10.0. The third-order valence-corrected chi connectivity index (χ3v) is 3.62. The lowest BCUT2D eigenvalue weighted by molar-refractivity contribution is -0.169. The van der Waals surface area contributed by atoms with E-state index in [9.17, 15) is 0 Å². The molecule has 0 bridgehead atoms. The molecule has 3 heterocycles. The van der Waals surface area contributed by atoms with E-state index in [4.69, 9.17) is 9.47 Å². The SMILES string of the molecule is Cc1cccnc1N1CCC2(CC1)OCCO2. The zero-order chi connectivity index (χ0) is 11.7. The van der Waals surface area contributed by atoms with Crippen molar-refractivity contribution in [2.75, 3.05) is 31.2 Å². The third-order valence-electron chi connectivity index (χ3n) is 3.62. The maximum atomic E-state index is 5.73. The highest BCUT2D eigenvalue weighted by atomic mass is 16.7. The first-order valence-corrected chi connectivity index (χ1v) is 6.24. The van der Waals surface area contributed by atoms with Crippen LogP contribution in [0, 0.1) is 6.92 Å². The Morgan fingerprint density at radius 1 is 1.24 bits per heavy atom. The Kier molecular flexibility index (Phi) is 2.76. The van der Waals surface area contributed by atoms with Crippen LogP contribution in [0.25, 0.3) is 0 Å². The molecular weight excluding hydrogens is 216 g/mol. The number of hydrogen-bond donors (Lipinski definition) is 0. The molecule has 4 nitrogen and oxygen atoms in total. The number of nitrogens with zero attached hydrogens (tertiary/aromatic N) is 2. The monoisotopic (exact) mass is 234 g/mol. The highest BCUT2D eigenvalue weighted by molar-refractivity contribution is 5.46. The summed E-state index contributed by atoms with van der Waals surface area (Å²) in [7, 11) is 0. The zero-order valence-corrected chi connectivity index (χ0v) is 10.2. The molecule has 0 atom stereocenters. The van der Waals surface area contributed by atoms with Crippen molar-refractivity contribution in [3.63, 3.8) is 0 Å². The van der Waals surface area contributed by atoms with Crippen molar-refractivity contribution in [2.24, 2.45) is 0 Å². The Bertz CT molecular complexity index is 392. The summed E-state index contributed by atoms with van der Waals surface area (Å²) in [6, 6.07) is 4.09. The van der Waals surface area contributed by atoms with Crippen LogP contribution in [0.5, 0.6) is 0 Å². The molecule has 0 saturated carbocycles. The van der Waals surface area contributed by atoms with Gasteiger partial charge in [0.1, 0.15) is 5.82 Å². The van der Waals surface area contributed by atoms with Crippen molar-refractivity contribution in [3.05, 3.63) is 23.9 Å². The largest absolute Gasteiger partial charge is 0.356 e. The van der Waals surface area contributed by atoms with Crippen molar-refractivity contribution < 1.29 is 9.47 Å². The fourth-order valence-corrected chi connectivity index (χ4v) is 2.65. The van der Waals surface area contributed by atoms with Crippen LogP contribution < -0.4 is 4.90 Å². The van der Waals surface area contributed by atoms with Gasteiger partial charge in [0.2, 0.25) is 0 Å². The minimum atomic E-state index is -0.292. The fraction of sp³-hybridized carbons (Fsp3) is 0.615. The lowest BCUT2D eigenvalue weighted by Crippen LogP contribution is -2.45. The maximum absolute atomic E-state index is 5.73. The molecule has 2 aliphatic heterocycles. The van der Waals surface area contributed by atoms with E-state index in [0.717, 1.165) is 45.0 Å². The Morgan fingerprint density at radius 2 is 1.94 bits per heavy atom.